The monoisotopic (exact) mass is 525 g/mol. The normalized spacial score (nSPS) is 13.2. The Labute approximate surface area is 226 Å². The van der Waals surface area contributed by atoms with E-state index in [4.69, 9.17) is 9.72 Å². The van der Waals surface area contributed by atoms with Gasteiger partial charge in [-0.25, -0.2) is 9.31 Å². The van der Waals surface area contributed by atoms with Crippen molar-refractivity contribution in [1.82, 2.24) is 29.8 Å². The zero-order chi connectivity index (χ0) is 27.2. The number of carbonyl (C=O) groups is 2. The number of rotatable bonds is 8. The number of ether oxygens (including phenoxy) is 1. The number of carbonyl (C=O) groups excluding carboxylic acids is 2. The largest absolute Gasteiger partial charge is 0.450 e. The lowest BCUT2D eigenvalue weighted by Crippen LogP contribution is -2.35. The molecule has 1 aliphatic heterocycles. The number of amides is 2. The lowest BCUT2D eigenvalue weighted by Gasteiger charge is -2.25. The van der Waals surface area contributed by atoms with E-state index in [1.807, 2.05) is 61.7 Å². The first-order valence-electron chi connectivity index (χ1n) is 13.0. The molecule has 200 valence electrons. The second-order valence-electron chi connectivity index (χ2n) is 9.23. The van der Waals surface area contributed by atoms with Gasteiger partial charge in [0.1, 0.15) is 0 Å². The summed E-state index contributed by atoms with van der Waals surface area (Å²) in [4.78, 5) is 35.4. The van der Waals surface area contributed by atoms with Gasteiger partial charge in [-0.3, -0.25) is 9.78 Å². The molecule has 0 saturated heterocycles. The van der Waals surface area contributed by atoms with E-state index in [1.54, 1.807) is 28.5 Å². The Morgan fingerprint density at radius 1 is 1.05 bits per heavy atom. The quantitative estimate of drug-likeness (QED) is 0.351. The predicted molar refractivity (Wildman–Crippen MR) is 149 cm³/mol. The molecule has 39 heavy (non-hydrogen) atoms. The minimum Gasteiger partial charge on any atom is -0.450 e. The molecule has 4 heterocycles. The van der Waals surface area contributed by atoms with Crippen LogP contribution in [0, 0.1) is 6.92 Å². The summed E-state index contributed by atoms with van der Waals surface area (Å²) >= 11 is 0. The Morgan fingerprint density at radius 3 is 2.64 bits per heavy atom. The SMILES string of the molecule is CCOC(=O)N1CC=C(c2cccn3nc(Nc4ccc(C(=O)NCCc5cccc(C)n5)cc4)nc23)CC1. The molecule has 2 N–H and O–H groups in total. The summed E-state index contributed by atoms with van der Waals surface area (Å²) in [7, 11) is 0. The van der Waals surface area contributed by atoms with E-state index in [1.165, 1.54) is 0 Å². The molecule has 3 aromatic heterocycles. The molecule has 0 aliphatic carbocycles. The van der Waals surface area contributed by atoms with E-state index in [2.05, 4.69) is 20.7 Å². The summed E-state index contributed by atoms with van der Waals surface area (Å²) in [6.45, 7) is 5.72. The second-order valence-corrected chi connectivity index (χ2v) is 9.23. The van der Waals surface area contributed by atoms with Gasteiger partial charge in [-0.05, 0) is 74.4 Å². The molecule has 0 radical (unpaired) electrons. The van der Waals surface area contributed by atoms with Gasteiger partial charge in [0, 0.05) is 60.5 Å². The van der Waals surface area contributed by atoms with E-state index in [-0.39, 0.29) is 12.0 Å². The van der Waals surface area contributed by atoms with Crippen LogP contribution in [0.15, 0.2) is 66.9 Å². The number of pyridine rings is 2. The van der Waals surface area contributed by atoms with E-state index < -0.39 is 0 Å². The van der Waals surface area contributed by atoms with Crippen LogP contribution in [-0.2, 0) is 11.2 Å². The molecule has 1 aromatic carbocycles. The fraction of sp³-hybridized carbons (Fsp3) is 0.276. The first-order chi connectivity index (χ1) is 19.0. The Bertz CT molecular complexity index is 1510. The summed E-state index contributed by atoms with van der Waals surface area (Å²) in [5, 5.41) is 10.7. The van der Waals surface area contributed by atoms with Crippen LogP contribution < -0.4 is 10.6 Å². The van der Waals surface area contributed by atoms with Crippen molar-refractivity contribution >= 4 is 34.9 Å². The molecule has 0 spiro atoms. The maximum absolute atomic E-state index is 12.6. The van der Waals surface area contributed by atoms with Crippen molar-refractivity contribution in [3.05, 3.63) is 89.4 Å². The van der Waals surface area contributed by atoms with Crippen molar-refractivity contribution in [3.63, 3.8) is 0 Å². The number of nitrogens with zero attached hydrogens (tertiary/aromatic N) is 5. The van der Waals surface area contributed by atoms with Crippen LogP contribution in [0.1, 0.15) is 40.7 Å². The first kappa shape index (κ1) is 25.9. The fourth-order valence-electron chi connectivity index (χ4n) is 4.48. The first-order valence-corrected chi connectivity index (χ1v) is 13.0. The summed E-state index contributed by atoms with van der Waals surface area (Å²) in [6, 6.07) is 17.0. The number of nitrogens with one attached hydrogen (secondary N) is 2. The maximum Gasteiger partial charge on any atom is 0.410 e. The Hall–Kier alpha value is -4.73. The van der Waals surface area contributed by atoms with Gasteiger partial charge in [0.25, 0.3) is 5.91 Å². The van der Waals surface area contributed by atoms with Crippen LogP contribution in [0.25, 0.3) is 11.2 Å². The van der Waals surface area contributed by atoms with Gasteiger partial charge in [0.2, 0.25) is 5.95 Å². The van der Waals surface area contributed by atoms with Crippen molar-refractivity contribution < 1.29 is 14.3 Å². The number of aryl methyl sites for hydroxylation is 1. The highest BCUT2D eigenvalue weighted by atomic mass is 16.6. The molecule has 0 fully saturated rings. The van der Waals surface area contributed by atoms with Gasteiger partial charge in [-0.2, -0.15) is 4.98 Å². The van der Waals surface area contributed by atoms with Crippen LogP contribution in [0.2, 0.25) is 0 Å². The summed E-state index contributed by atoms with van der Waals surface area (Å²) < 4.78 is 6.85. The minimum absolute atomic E-state index is 0.132. The van der Waals surface area contributed by atoms with Crippen LogP contribution in [0.4, 0.5) is 16.4 Å². The van der Waals surface area contributed by atoms with E-state index >= 15 is 0 Å². The van der Waals surface area contributed by atoms with E-state index in [0.29, 0.717) is 50.6 Å². The van der Waals surface area contributed by atoms with Crippen molar-refractivity contribution in [2.75, 3.05) is 31.6 Å². The number of hydrogen-bond donors (Lipinski definition) is 2. The third kappa shape index (κ3) is 6.23. The standard InChI is InChI=1S/C29H31N7O3/c1-3-39-29(38)35-18-14-21(15-19-35)25-8-5-17-36-26(25)33-28(34-36)32-24-11-9-22(10-12-24)27(37)30-16-13-23-7-4-6-20(2)31-23/h4-12,14,17H,3,13,15-16,18-19H2,1-2H3,(H,30,37)(H,32,34). The maximum atomic E-state index is 12.6. The molecule has 0 unspecified atom stereocenters. The van der Waals surface area contributed by atoms with Crippen molar-refractivity contribution in [2.45, 2.75) is 26.7 Å². The molecule has 10 nitrogen and oxygen atoms in total. The zero-order valence-electron chi connectivity index (χ0n) is 22.1. The lowest BCUT2D eigenvalue weighted by atomic mass is 10.0. The molecule has 4 aromatic rings. The van der Waals surface area contributed by atoms with Crippen LogP contribution >= 0.6 is 0 Å². The van der Waals surface area contributed by atoms with Crippen LogP contribution in [0.3, 0.4) is 0 Å². The number of anilines is 2. The lowest BCUT2D eigenvalue weighted by molar-refractivity contribution is 0.0953. The van der Waals surface area contributed by atoms with E-state index in [9.17, 15) is 9.59 Å². The van der Waals surface area contributed by atoms with Gasteiger partial charge >= 0.3 is 6.09 Å². The molecule has 0 saturated carbocycles. The number of hydrogen-bond acceptors (Lipinski definition) is 7. The van der Waals surface area contributed by atoms with Gasteiger partial charge in [0.15, 0.2) is 5.65 Å². The Balaban J connectivity index is 1.21. The van der Waals surface area contributed by atoms with Gasteiger partial charge in [-0.1, -0.05) is 12.1 Å². The summed E-state index contributed by atoms with van der Waals surface area (Å²) in [6.07, 6.45) is 4.99. The van der Waals surface area contributed by atoms with Crippen molar-refractivity contribution in [1.29, 1.82) is 0 Å². The number of aromatic nitrogens is 4. The number of benzene rings is 1. The third-order valence-corrected chi connectivity index (χ3v) is 6.46. The molecule has 2 amide bonds. The van der Waals surface area contributed by atoms with Gasteiger partial charge < -0.3 is 20.3 Å². The van der Waals surface area contributed by atoms with Gasteiger partial charge in [0.05, 0.1) is 6.61 Å². The molecular weight excluding hydrogens is 494 g/mol. The smallest absolute Gasteiger partial charge is 0.410 e. The second kappa shape index (κ2) is 11.8. The van der Waals surface area contributed by atoms with Crippen molar-refractivity contribution in [3.8, 4) is 0 Å². The topological polar surface area (TPSA) is 114 Å². The highest BCUT2D eigenvalue weighted by Crippen LogP contribution is 2.26. The highest BCUT2D eigenvalue weighted by Gasteiger charge is 2.20. The zero-order valence-corrected chi connectivity index (χ0v) is 22.1. The van der Waals surface area contributed by atoms with Gasteiger partial charge in [-0.15, -0.1) is 5.10 Å². The fourth-order valence-corrected chi connectivity index (χ4v) is 4.48. The van der Waals surface area contributed by atoms with Crippen molar-refractivity contribution in [2.24, 2.45) is 0 Å². The predicted octanol–water partition coefficient (Wildman–Crippen LogP) is 4.39. The van der Waals surface area contributed by atoms with E-state index in [0.717, 1.165) is 33.9 Å². The molecule has 0 bridgehead atoms. The molecule has 5 rings (SSSR count). The average molecular weight is 526 g/mol. The molecular formula is C29H31N7O3. The van der Waals surface area contributed by atoms with Crippen LogP contribution in [-0.4, -0.2) is 62.7 Å². The molecule has 0 atom stereocenters. The Kier molecular flexibility index (Phi) is 7.81. The summed E-state index contributed by atoms with van der Waals surface area (Å²) in [5.74, 6) is 0.321. The average Bonchev–Trinajstić information content (AvgIpc) is 3.36. The molecule has 1 aliphatic rings. The minimum atomic E-state index is -0.289. The Morgan fingerprint density at radius 2 is 1.90 bits per heavy atom. The highest BCUT2D eigenvalue weighted by molar-refractivity contribution is 5.94. The summed E-state index contributed by atoms with van der Waals surface area (Å²) in [5.41, 5.74) is 6.10. The van der Waals surface area contributed by atoms with Crippen LogP contribution in [0.5, 0.6) is 0 Å². The molecule has 10 heteroatoms. The number of fused-ring (bicyclic) bond motifs is 1. The third-order valence-electron chi connectivity index (χ3n) is 6.46.